The molecule has 0 spiro atoms. The molecule has 1 fully saturated rings. The van der Waals surface area contributed by atoms with Crippen LogP contribution >= 0.6 is 0 Å². The quantitative estimate of drug-likeness (QED) is 0.756. The summed E-state index contributed by atoms with van der Waals surface area (Å²) >= 11 is 0. The van der Waals surface area contributed by atoms with Gasteiger partial charge < -0.3 is 10.2 Å². The van der Waals surface area contributed by atoms with E-state index in [0.717, 1.165) is 35.8 Å². The number of aromatic nitrogens is 3. The summed E-state index contributed by atoms with van der Waals surface area (Å²) in [5.41, 5.74) is 2.56. The first-order valence-electron chi connectivity index (χ1n) is 9.38. The van der Waals surface area contributed by atoms with Crippen LogP contribution in [0.25, 0.3) is 5.69 Å². The van der Waals surface area contributed by atoms with Crippen LogP contribution in [0, 0.1) is 0 Å². The highest BCUT2D eigenvalue weighted by Gasteiger charge is 2.12. The molecule has 1 aliphatic heterocycles. The number of nitrogens with one attached hydrogen (secondary N) is 1. The zero-order valence-corrected chi connectivity index (χ0v) is 15.2. The fraction of sp³-hybridized carbons (Fsp3) is 0.286. The number of nitrogens with zero attached hydrogens (tertiary/aromatic N) is 4. The lowest BCUT2D eigenvalue weighted by Gasteiger charge is -2.27. The minimum Gasteiger partial charge on any atom is -0.357 e. The van der Waals surface area contributed by atoms with Gasteiger partial charge in [0.25, 0.3) is 0 Å². The van der Waals surface area contributed by atoms with E-state index in [1.54, 1.807) is 17.1 Å². The third-order valence-corrected chi connectivity index (χ3v) is 4.73. The molecule has 1 N–H and O–H groups in total. The number of piperidine rings is 1. The van der Waals surface area contributed by atoms with Crippen molar-refractivity contribution in [3.8, 4) is 5.69 Å². The summed E-state index contributed by atoms with van der Waals surface area (Å²) < 4.78 is 1.78. The van der Waals surface area contributed by atoms with Crippen molar-refractivity contribution in [2.45, 2.75) is 25.7 Å². The number of rotatable bonds is 5. The maximum Gasteiger partial charge on any atom is 0.228 e. The largest absolute Gasteiger partial charge is 0.357 e. The minimum absolute atomic E-state index is 0.0739. The molecule has 0 radical (unpaired) electrons. The maximum atomic E-state index is 12.3. The molecule has 1 saturated heterocycles. The number of hydrogen-bond acceptors (Lipinski definition) is 4. The monoisotopic (exact) mass is 361 g/mol. The molecular formula is C21H23N5O. The lowest BCUT2D eigenvalue weighted by atomic mass is 10.1. The standard InChI is InChI=1S/C21H23N5O/c27-21(13-17-14-23-26(16-17)19-7-3-1-4-8-19)24-18-9-10-20(22-15-18)25-11-5-2-6-12-25/h1,3-4,7-10,14-16H,2,5-6,11-13H2,(H,24,27). The van der Waals surface area contributed by atoms with Crippen molar-refractivity contribution < 1.29 is 4.79 Å². The van der Waals surface area contributed by atoms with Crippen molar-refractivity contribution in [3.63, 3.8) is 0 Å². The Morgan fingerprint density at radius 2 is 1.81 bits per heavy atom. The molecule has 3 aromatic rings. The summed E-state index contributed by atoms with van der Waals surface area (Å²) in [5, 5.41) is 7.24. The van der Waals surface area contributed by atoms with Gasteiger partial charge in [-0.25, -0.2) is 9.67 Å². The van der Waals surface area contributed by atoms with Crippen LogP contribution in [0.1, 0.15) is 24.8 Å². The van der Waals surface area contributed by atoms with Crippen LogP contribution in [0.2, 0.25) is 0 Å². The van der Waals surface area contributed by atoms with E-state index >= 15 is 0 Å². The highest BCUT2D eigenvalue weighted by atomic mass is 16.1. The highest BCUT2D eigenvalue weighted by Crippen LogP contribution is 2.19. The van der Waals surface area contributed by atoms with Crippen molar-refractivity contribution in [3.05, 3.63) is 66.6 Å². The van der Waals surface area contributed by atoms with Crippen LogP contribution in [0.4, 0.5) is 11.5 Å². The van der Waals surface area contributed by atoms with E-state index in [9.17, 15) is 4.79 Å². The van der Waals surface area contributed by atoms with E-state index in [1.165, 1.54) is 19.3 Å². The summed E-state index contributed by atoms with van der Waals surface area (Å²) in [5.74, 6) is 0.909. The van der Waals surface area contributed by atoms with Gasteiger partial charge in [0.05, 0.1) is 30.2 Å². The van der Waals surface area contributed by atoms with Crippen molar-refractivity contribution in [2.75, 3.05) is 23.3 Å². The lowest BCUT2D eigenvalue weighted by Crippen LogP contribution is -2.30. The van der Waals surface area contributed by atoms with Gasteiger partial charge in [-0.2, -0.15) is 5.10 Å². The van der Waals surface area contributed by atoms with Crippen LogP contribution in [0.15, 0.2) is 61.1 Å². The molecule has 0 saturated carbocycles. The third-order valence-electron chi connectivity index (χ3n) is 4.73. The number of hydrogen-bond donors (Lipinski definition) is 1. The van der Waals surface area contributed by atoms with E-state index in [-0.39, 0.29) is 12.3 Å². The fourth-order valence-electron chi connectivity index (χ4n) is 3.33. The number of anilines is 2. The molecule has 0 bridgehead atoms. The Morgan fingerprint density at radius 3 is 2.56 bits per heavy atom. The normalized spacial score (nSPS) is 14.1. The molecule has 138 valence electrons. The van der Waals surface area contributed by atoms with Gasteiger partial charge in [0.2, 0.25) is 5.91 Å². The molecule has 6 heteroatoms. The molecule has 0 atom stereocenters. The average molecular weight is 361 g/mol. The summed E-state index contributed by atoms with van der Waals surface area (Å²) in [4.78, 5) is 19.1. The zero-order valence-electron chi connectivity index (χ0n) is 15.2. The van der Waals surface area contributed by atoms with E-state index in [0.29, 0.717) is 0 Å². The molecule has 3 heterocycles. The minimum atomic E-state index is -0.0739. The Morgan fingerprint density at radius 1 is 1.00 bits per heavy atom. The van der Waals surface area contributed by atoms with Crippen LogP contribution in [0.5, 0.6) is 0 Å². The second kappa shape index (κ2) is 8.03. The molecule has 1 aromatic carbocycles. The number of carbonyl (C=O) groups is 1. The molecule has 0 aliphatic carbocycles. The summed E-state index contributed by atoms with van der Waals surface area (Å²) in [7, 11) is 0. The van der Waals surface area contributed by atoms with E-state index in [1.807, 2.05) is 48.7 Å². The number of carbonyl (C=O) groups excluding carboxylic acids is 1. The van der Waals surface area contributed by atoms with E-state index in [2.05, 4.69) is 20.3 Å². The molecule has 1 amide bonds. The molecule has 1 aliphatic rings. The molecule has 6 nitrogen and oxygen atoms in total. The summed E-state index contributed by atoms with van der Waals surface area (Å²) in [6.07, 6.45) is 9.35. The highest BCUT2D eigenvalue weighted by molar-refractivity contribution is 5.92. The first kappa shape index (κ1) is 17.3. The third kappa shape index (κ3) is 4.34. The number of pyridine rings is 1. The topological polar surface area (TPSA) is 63.1 Å². The second-order valence-corrected chi connectivity index (χ2v) is 6.81. The first-order chi connectivity index (χ1) is 13.3. The number of amides is 1. The van der Waals surface area contributed by atoms with Gasteiger partial charge in [0.1, 0.15) is 5.82 Å². The fourth-order valence-corrected chi connectivity index (χ4v) is 3.33. The Kier molecular flexibility index (Phi) is 5.14. The van der Waals surface area contributed by atoms with Crippen molar-refractivity contribution in [1.29, 1.82) is 0 Å². The Balaban J connectivity index is 1.35. The van der Waals surface area contributed by atoms with Gasteiger partial charge in [-0.1, -0.05) is 18.2 Å². The lowest BCUT2D eigenvalue weighted by molar-refractivity contribution is -0.115. The predicted molar refractivity (Wildman–Crippen MR) is 106 cm³/mol. The molecule has 27 heavy (non-hydrogen) atoms. The van der Waals surface area contributed by atoms with Gasteiger partial charge in [-0.15, -0.1) is 0 Å². The predicted octanol–water partition coefficient (Wildman–Crippen LogP) is 3.44. The Hall–Kier alpha value is -3.15. The number of benzene rings is 1. The van der Waals surface area contributed by atoms with Crippen molar-refractivity contribution in [1.82, 2.24) is 14.8 Å². The van der Waals surface area contributed by atoms with Crippen LogP contribution in [-0.4, -0.2) is 33.8 Å². The first-order valence-corrected chi connectivity index (χ1v) is 9.38. The molecule has 2 aromatic heterocycles. The van der Waals surface area contributed by atoms with E-state index in [4.69, 9.17) is 0 Å². The Bertz CT molecular complexity index is 882. The van der Waals surface area contributed by atoms with Gasteiger partial charge in [-0.3, -0.25) is 4.79 Å². The molecule has 4 rings (SSSR count). The van der Waals surface area contributed by atoms with E-state index < -0.39 is 0 Å². The van der Waals surface area contributed by atoms with Crippen LogP contribution < -0.4 is 10.2 Å². The van der Waals surface area contributed by atoms with Crippen molar-refractivity contribution in [2.24, 2.45) is 0 Å². The summed E-state index contributed by atoms with van der Waals surface area (Å²) in [6, 6.07) is 13.7. The van der Waals surface area contributed by atoms with Crippen molar-refractivity contribution >= 4 is 17.4 Å². The average Bonchev–Trinajstić information content (AvgIpc) is 3.18. The molecule has 0 unspecified atom stereocenters. The van der Waals surface area contributed by atoms with Gasteiger partial charge in [0.15, 0.2) is 0 Å². The maximum absolute atomic E-state index is 12.3. The van der Waals surface area contributed by atoms with Crippen LogP contribution in [0.3, 0.4) is 0 Å². The zero-order chi connectivity index (χ0) is 18.5. The van der Waals surface area contributed by atoms with Gasteiger partial charge in [0, 0.05) is 19.3 Å². The summed E-state index contributed by atoms with van der Waals surface area (Å²) in [6.45, 7) is 2.12. The molecular weight excluding hydrogens is 338 g/mol. The SMILES string of the molecule is O=C(Cc1cnn(-c2ccccc2)c1)Nc1ccc(N2CCCCC2)nc1. The van der Waals surface area contributed by atoms with Gasteiger partial charge in [-0.05, 0) is 49.1 Å². The number of para-hydroxylation sites is 1. The van der Waals surface area contributed by atoms with Gasteiger partial charge >= 0.3 is 0 Å². The second-order valence-electron chi connectivity index (χ2n) is 6.81. The van der Waals surface area contributed by atoms with Crippen LogP contribution in [-0.2, 0) is 11.2 Å². The smallest absolute Gasteiger partial charge is 0.228 e. The Labute approximate surface area is 158 Å².